The summed E-state index contributed by atoms with van der Waals surface area (Å²) in [5.41, 5.74) is 4.66. The van der Waals surface area contributed by atoms with Crippen molar-refractivity contribution in [2.24, 2.45) is 0 Å². The van der Waals surface area contributed by atoms with Crippen molar-refractivity contribution >= 4 is 21.9 Å². The molecule has 0 unspecified atom stereocenters. The topological polar surface area (TPSA) is 81.3 Å². The van der Waals surface area contributed by atoms with E-state index in [-0.39, 0.29) is 11.5 Å². The van der Waals surface area contributed by atoms with E-state index in [0.717, 1.165) is 16.7 Å². The second kappa shape index (κ2) is 8.38. The third-order valence-electron chi connectivity index (χ3n) is 5.51. The molecule has 0 radical (unpaired) electrons. The highest BCUT2D eigenvalue weighted by Crippen LogP contribution is 2.48. The Labute approximate surface area is 186 Å². The number of aromatic hydroxyl groups is 2. The van der Waals surface area contributed by atoms with Crippen LogP contribution in [0.4, 0.5) is 0 Å². The van der Waals surface area contributed by atoms with Crippen LogP contribution < -0.4 is 14.2 Å². The molecule has 6 heteroatoms. The molecule has 0 aliphatic rings. The van der Waals surface area contributed by atoms with Gasteiger partial charge in [0.25, 0.3) is 0 Å². The summed E-state index contributed by atoms with van der Waals surface area (Å²) in [4.78, 5) is 0. The summed E-state index contributed by atoms with van der Waals surface area (Å²) in [7, 11) is 4.66. The largest absolute Gasteiger partial charge is 0.508 e. The summed E-state index contributed by atoms with van der Waals surface area (Å²) in [5, 5.41) is 22.0. The zero-order valence-electron chi connectivity index (χ0n) is 18.8. The number of hydrogen-bond donors (Lipinski definition) is 2. The van der Waals surface area contributed by atoms with Crippen molar-refractivity contribution in [3.63, 3.8) is 0 Å². The molecule has 0 aliphatic carbocycles. The average molecular weight is 434 g/mol. The first kappa shape index (κ1) is 21.4. The van der Waals surface area contributed by atoms with Crippen molar-refractivity contribution in [2.75, 3.05) is 21.3 Å². The van der Waals surface area contributed by atoms with Gasteiger partial charge in [-0.1, -0.05) is 17.7 Å². The van der Waals surface area contributed by atoms with Crippen LogP contribution in [0.25, 0.3) is 33.1 Å². The maximum absolute atomic E-state index is 10.3. The van der Waals surface area contributed by atoms with Gasteiger partial charge in [-0.05, 0) is 55.7 Å². The van der Waals surface area contributed by atoms with E-state index in [2.05, 4.69) is 6.08 Å². The minimum Gasteiger partial charge on any atom is -0.508 e. The van der Waals surface area contributed by atoms with Crippen LogP contribution in [-0.2, 0) is 6.42 Å². The van der Waals surface area contributed by atoms with E-state index in [9.17, 15) is 10.2 Å². The van der Waals surface area contributed by atoms with Crippen LogP contribution in [0.2, 0.25) is 0 Å². The SMILES string of the molecule is COc1cc2oc3c(OC)c(-c4ccc(O)c(CC=C(C)C)c4)cc(OC)c3c2cc1O. The van der Waals surface area contributed by atoms with Crippen LogP contribution in [0.15, 0.2) is 52.5 Å². The van der Waals surface area contributed by atoms with Crippen molar-refractivity contribution in [1.29, 1.82) is 0 Å². The Kier molecular flexibility index (Phi) is 5.61. The highest BCUT2D eigenvalue weighted by molar-refractivity contribution is 6.13. The number of allylic oxidation sites excluding steroid dienone is 2. The maximum Gasteiger partial charge on any atom is 0.181 e. The normalized spacial score (nSPS) is 11.0. The molecule has 1 aromatic heterocycles. The molecule has 0 saturated heterocycles. The third kappa shape index (κ3) is 3.58. The molecule has 0 saturated carbocycles. The van der Waals surface area contributed by atoms with Gasteiger partial charge in [-0.25, -0.2) is 0 Å². The lowest BCUT2D eigenvalue weighted by Gasteiger charge is -2.14. The molecule has 6 nitrogen and oxygen atoms in total. The highest BCUT2D eigenvalue weighted by atomic mass is 16.5. The summed E-state index contributed by atoms with van der Waals surface area (Å²) in [5.74, 6) is 1.68. The molecule has 0 bridgehead atoms. The van der Waals surface area contributed by atoms with Crippen LogP contribution in [0, 0.1) is 0 Å². The predicted octanol–water partition coefficient (Wildman–Crippen LogP) is 6.20. The Bertz CT molecular complexity index is 1340. The standard InChI is InChI=1S/C26H26O6/c1-14(2)6-7-16-10-15(8-9-19(16)27)17-12-23(30-4)24-18-11-20(28)22(29-3)13-21(18)32-26(24)25(17)31-5/h6,8-13,27-28H,7H2,1-5H3. The minimum atomic E-state index is 0.00949. The average Bonchev–Trinajstić information content (AvgIpc) is 3.14. The van der Waals surface area contributed by atoms with Crippen molar-refractivity contribution in [3.05, 3.63) is 53.6 Å². The number of fused-ring (bicyclic) bond motifs is 3. The van der Waals surface area contributed by atoms with Gasteiger partial charge in [0.2, 0.25) is 0 Å². The molecule has 1 heterocycles. The molecule has 4 aromatic rings. The highest BCUT2D eigenvalue weighted by Gasteiger charge is 2.23. The lowest BCUT2D eigenvalue weighted by molar-refractivity contribution is 0.373. The maximum atomic E-state index is 10.3. The van der Waals surface area contributed by atoms with Crippen LogP contribution in [-0.4, -0.2) is 31.5 Å². The lowest BCUT2D eigenvalue weighted by atomic mass is 9.97. The number of rotatable bonds is 6. The van der Waals surface area contributed by atoms with Crippen molar-refractivity contribution in [3.8, 4) is 39.9 Å². The molecule has 2 N–H and O–H groups in total. The lowest BCUT2D eigenvalue weighted by Crippen LogP contribution is -1.93. The first-order valence-electron chi connectivity index (χ1n) is 10.2. The molecule has 166 valence electrons. The molecule has 3 aromatic carbocycles. The van der Waals surface area contributed by atoms with Gasteiger partial charge >= 0.3 is 0 Å². The van der Waals surface area contributed by atoms with E-state index in [1.54, 1.807) is 32.4 Å². The van der Waals surface area contributed by atoms with Gasteiger partial charge in [0.05, 0.1) is 26.7 Å². The van der Waals surface area contributed by atoms with Gasteiger partial charge < -0.3 is 28.8 Å². The monoisotopic (exact) mass is 434 g/mol. The van der Waals surface area contributed by atoms with Crippen LogP contribution in [0.3, 0.4) is 0 Å². The van der Waals surface area contributed by atoms with Gasteiger partial charge in [0.15, 0.2) is 22.8 Å². The van der Waals surface area contributed by atoms with E-state index < -0.39 is 0 Å². The van der Waals surface area contributed by atoms with E-state index in [1.807, 2.05) is 32.0 Å². The fourth-order valence-corrected chi connectivity index (χ4v) is 3.88. The second-order valence-corrected chi connectivity index (χ2v) is 7.82. The molecule has 0 fully saturated rings. The summed E-state index contributed by atoms with van der Waals surface area (Å²) in [6.45, 7) is 4.05. The molecule has 32 heavy (non-hydrogen) atoms. The smallest absolute Gasteiger partial charge is 0.181 e. The number of hydrogen-bond acceptors (Lipinski definition) is 6. The zero-order valence-corrected chi connectivity index (χ0v) is 18.8. The second-order valence-electron chi connectivity index (χ2n) is 7.82. The van der Waals surface area contributed by atoms with Gasteiger partial charge in [-0.3, -0.25) is 0 Å². The molecule has 0 aliphatic heterocycles. The number of phenols is 2. The summed E-state index contributed by atoms with van der Waals surface area (Å²) in [6, 6.07) is 10.6. The Hall–Kier alpha value is -3.80. The number of benzene rings is 3. The molecular formula is C26H26O6. The van der Waals surface area contributed by atoms with E-state index in [0.29, 0.717) is 45.6 Å². The van der Waals surface area contributed by atoms with Crippen molar-refractivity contribution < 1.29 is 28.8 Å². The molecule has 0 amide bonds. The van der Waals surface area contributed by atoms with E-state index in [1.165, 1.54) is 12.7 Å². The molecular weight excluding hydrogens is 408 g/mol. The van der Waals surface area contributed by atoms with E-state index in [4.69, 9.17) is 18.6 Å². The molecule has 4 rings (SSSR count). The van der Waals surface area contributed by atoms with Crippen LogP contribution in [0.1, 0.15) is 19.4 Å². The quantitative estimate of drug-likeness (QED) is 0.352. The Balaban J connectivity index is 2.00. The van der Waals surface area contributed by atoms with Crippen LogP contribution >= 0.6 is 0 Å². The van der Waals surface area contributed by atoms with Crippen molar-refractivity contribution in [1.82, 2.24) is 0 Å². The van der Waals surface area contributed by atoms with Gasteiger partial charge in [-0.15, -0.1) is 0 Å². The molecule has 0 spiro atoms. The summed E-state index contributed by atoms with van der Waals surface area (Å²) in [6.07, 6.45) is 2.69. The number of methoxy groups -OCH3 is 3. The first-order chi connectivity index (χ1) is 15.4. The Morgan fingerprint density at radius 3 is 2.31 bits per heavy atom. The fraction of sp³-hybridized carbons (Fsp3) is 0.231. The Morgan fingerprint density at radius 1 is 0.906 bits per heavy atom. The minimum absolute atomic E-state index is 0.00949. The number of ether oxygens (including phenoxy) is 3. The van der Waals surface area contributed by atoms with Gasteiger partial charge in [0.1, 0.15) is 17.1 Å². The third-order valence-corrected chi connectivity index (χ3v) is 5.51. The summed E-state index contributed by atoms with van der Waals surface area (Å²) >= 11 is 0. The summed E-state index contributed by atoms with van der Waals surface area (Å²) < 4.78 is 22.9. The number of phenolic OH excluding ortho intramolecular Hbond substituents is 2. The van der Waals surface area contributed by atoms with Crippen molar-refractivity contribution in [2.45, 2.75) is 20.3 Å². The van der Waals surface area contributed by atoms with Gasteiger partial charge in [-0.2, -0.15) is 0 Å². The first-order valence-corrected chi connectivity index (χ1v) is 10.2. The van der Waals surface area contributed by atoms with Gasteiger partial charge in [0, 0.05) is 17.0 Å². The van der Waals surface area contributed by atoms with E-state index >= 15 is 0 Å². The Morgan fingerprint density at radius 2 is 1.66 bits per heavy atom. The molecule has 0 atom stereocenters. The zero-order chi connectivity index (χ0) is 23.0. The van der Waals surface area contributed by atoms with Crippen LogP contribution in [0.5, 0.6) is 28.7 Å². The predicted molar refractivity (Wildman–Crippen MR) is 125 cm³/mol. The fourth-order valence-electron chi connectivity index (χ4n) is 3.88. The number of furan rings is 1.